The molecular weight excluding hydrogens is 390 g/mol. The van der Waals surface area contributed by atoms with Crippen molar-refractivity contribution < 1.29 is 0 Å². The third kappa shape index (κ3) is 3.98. The molecule has 2 nitrogen and oxygen atoms in total. The number of halogens is 3. The molecule has 2 rings (SSSR count). The Morgan fingerprint density at radius 1 is 1.29 bits per heavy atom. The molecule has 0 saturated carbocycles. The van der Waals surface area contributed by atoms with Crippen molar-refractivity contribution in [3.05, 3.63) is 50.0 Å². The molecule has 1 aromatic carbocycles. The molecule has 0 amide bonds. The number of aromatic nitrogens is 2. The van der Waals surface area contributed by atoms with E-state index in [-0.39, 0.29) is 0 Å². The lowest BCUT2D eigenvalue weighted by Gasteiger charge is -2.02. The number of rotatable bonds is 3. The van der Waals surface area contributed by atoms with E-state index in [1.54, 1.807) is 18.0 Å². The second-order valence-corrected chi connectivity index (χ2v) is 6.18. The smallest absolute Gasteiger partial charge is 0.146 e. The monoisotopic (exact) mass is 396 g/mol. The second-order valence-electron chi connectivity index (χ2n) is 3.17. The van der Waals surface area contributed by atoms with Crippen LogP contribution in [0.25, 0.3) is 0 Å². The van der Waals surface area contributed by atoms with Crippen LogP contribution in [0.1, 0.15) is 5.82 Å². The molecule has 2 aromatic rings. The van der Waals surface area contributed by atoms with Gasteiger partial charge in [-0.25, -0.2) is 9.97 Å². The SMILES string of the molecule is Clc1cccc(SCc2ncc(I)c(Cl)n2)c1. The highest BCUT2D eigenvalue weighted by Crippen LogP contribution is 2.24. The number of thioether (sulfide) groups is 1. The van der Waals surface area contributed by atoms with Crippen LogP contribution in [0, 0.1) is 3.57 Å². The molecule has 0 N–H and O–H groups in total. The molecule has 0 unspecified atom stereocenters. The lowest BCUT2D eigenvalue weighted by atomic mass is 10.4. The van der Waals surface area contributed by atoms with Crippen LogP contribution in [0.4, 0.5) is 0 Å². The summed E-state index contributed by atoms with van der Waals surface area (Å²) in [7, 11) is 0. The van der Waals surface area contributed by atoms with Gasteiger partial charge in [0.15, 0.2) is 0 Å². The molecule has 88 valence electrons. The first-order valence-electron chi connectivity index (χ1n) is 4.70. The number of benzene rings is 1. The van der Waals surface area contributed by atoms with Gasteiger partial charge in [0, 0.05) is 16.1 Å². The molecule has 0 aliphatic heterocycles. The third-order valence-corrected chi connectivity index (χ3v) is 4.54. The summed E-state index contributed by atoms with van der Waals surface area (Å²) in [5.41, 5.74) is 0. The van der Waals surface area contributed by atoms with Crippen LogP contribution >= 0.6 is 57.6 Å². The van der Waals surface area contributed by atoms with E-state index in [9.17, 15) is 0 Å². The summed E-state index contributed by atoms with van der Waals surface area (Å²) in [5.74, 6) is 1.40. The van der Waals surface area contributed by atoms with E-state index in [0.717, 1.165) is 19.3 Å². The van der Waals surface area contributed by atoms with E-state index in [0.29, 0.717) is 10.9 Å². The zero-order valence-corrected chi connectivity index (χ0v) is 13.0. The van der Waals surface area contributed by atoms with Crippen molar-refractivity contribution in [2.75, 3.05) is 0 Å². The average Bonchev–Trinajstić information content (AvgIpc) is 2.31. The minimum Gasteiger partial charge on any atom is -0.239 e. The van der Waals surface area contributed by atoms with Gasteiger partial charge in [0.1, 0.15) is 11.0 Å². The Morgan fingerprint density at radius 3 is 2.82 bits per heavy atom. The normalized spacial score (nSPS) is 10.5. The molecule has 1 heterocycles. The molecule has 0 saturated heterocycles. The fourth-order valence-electron chi connectivity index (χ4n) is 1.15. The first kappa shape index (κ1) is 13.4. The summed E-state index contributed by atoms with van der Waals surface area (Å²) in [6.45, 7) is 0. The summed E-state index contributed by atoms with van der Waals surface area (Å²) in [6.07, 6.45) is 1.73. The summed E-state index contributed by atoms with van der Waals surface area (Å²) in [6, 6.07) is 7.70. The molecule has 0 aliphatic carbocycles. The van der Waals surface area contributed by atoms with Gasteiger partial charge >= 0.3 is 0 Å². The fraction of sp³-hybridized carbons (Fsp3) is 0.0909. The predicted molar refractivity (Wildman–Crippen MR) is 80.8 cm³/mol. The van der Waals surface area contributed by atoms with Crippen LogP contribution in [0.2, 0.25) is 10.2 Å². The van der Waals surface area contributed by atoms with Gasteiger partial charge in [-0.15, -0.1) is 11.8 Å². The van der Waals surface area contributed by atoms with Crippen molar-refractivity contribution in [1.29, 1.82) is 0 Å². The van der Waals surface area contributed by atoms with Crippen molar-refractivity contribution in [1.82, 2.24) is 9.97 Å². The van der Waals surface area contributed by atoms with Gasteiger partial charge in [0.05, 0.1) is 9.32 Å². The Bertz CT molecular complexity index is 537. The van der Waals surface area contributed by atoms with E-state index in [2.05, 4.69) is 32.6 Å². The molecule has 17 heavy (non-hydrogen) atoms. The minimum absolute atomic E-state index is 0.502. The Kier molecular flexibility index (Phi) is 4.90. The molecule has 0 spiro atoms. The highest BCUT2D eigenvalue weighted by Gasteiger charge is 2.03. The summed E-state index contributed by atoms with van der Waals surface area (Å²) in [5, 5.41) is 1.24. The van der Waals surface area contributed by atoms with Gasteiger partial charge in [-0.2, -0.15) is 0 Å². The van der Waals surface area contributed by atoms with Crippen LogP contribution in [0.5, 0.6) is 0 Å². The third-order valence-electron chi connectivity index (χ3n) is 1.92. The molecular formula is C11H7Cl2IN2S. The fourth-order valence-corrected chi connectivity index (χ4v) is 2.64. The minimum atomic E-state index is 0.502. The number of hydrogen-bond donors (Lipinski definition) is 0. The van der Waals surface area contributed by atoms with Gasteiger partial charge in [-0.05, 0) is 40.8 Å². The van der Waals surface area contributed by atoms with Crippen molar-refractivity contribution in [2.24, 2.45) is 0 Å². The van der Waals surface area contributed by atoms with Crippen LogP contribution in [0.3, 0.4) is 0 Å². The maximum Gasteiger partial charge on any atom is 0.146 e. The van der Waals surface area contributed by atoms with Crippen LogP contribution in [-0.4, -0.2) is 9.97 Å². The first-order chi connectivity index (χ1) is 8.15. The van der Waals surface area contributed by atoms with E-state index >= 15 is 0 Å². The van der Waals surface area contributed by atoms with Crippen molar-refractivity contribution in [3.63, 3.8) is 0 Å². The molecule has 0 radical (unpaired) electrons. The molecule has 0 fully saturated rings. The molecule has 0 bridgehead atoms. The zero-order chi connectivity index (χ0) is 12.3. The van der Waals surface area contributed by atoms with E-state index in [1.165, 1.54) is 0 Å². The van der Waals surface area contributed by atoms with Crippen molar-refractivity contribution in [2.45, 2.75) is 10.6 Å². The highest BCUT2D eigenvalue weighted by molar-refractivity contribution is 14.1. The standard InChI is InChI=1S/C11H7Cl2IN2S/c12-7-2-1-3-8(4-7)17-6-10-15-5-9(14)11(13)16-10/h1-5H,6H2. The predicted octanol–water partition coefficient (Wildman–Crippen LogP) is 4.68. The summed E-state index contributed by atoms with van der Waals surface area (Å²) >= 11 is 15.6. The molecule has 0 aliphatic rings. The first-order valence-corrected chi connectivity index (χ1v) is 7.52. The molecule has 1 aromatic heterocycles. The van der Waals surface area contributed by atoms with Crippen molar-refractivity contribution in [3.8, 4) is 0 Å². The van der Waals surface area contributed by atoms with Crippen LogP contribution < -0.4 is 0 Å². The summed E-state index contributed by atoms with van der Waals surface area (Å²) < 4.78 is 0.862. The molecule has 6 heteroatoms. The number of nitrogens with zero attached hydrogens (tertiary/aromatic N) is 2. The lowest BCUT2D eigenvalue weighted by molar-refractivity contribution is 1.02. The average molecular weight is 397 g/mol. The highest BCUT2D eigenvalue weighted by atomic mass is 127. The van der Waals surface area contributed by atoms with Crippen molar-refractivity contribution >= 4 is 57.6 Å². The maximum absolute atomic E-state index is 5.93. The van der Waals surface area contributed by atoms with Gasteiger partial charge in [-0.1, -0.05) is 29.3 Å². The largest absolute Gasteiger partial charge is 0.239 e. The van der Waals surface area contributed by atoms with Gasteiger partial charge in [-0.3, -0.25) is 0 Å². The van der Waals surface area contributed by atoms with Gasteiger partial charge < -0.3 is 0 Å². The quantitative estimate of drug-likeness (QED) is 0.428. The second kappa shape index (κ2) is 6.22. The summed E-state index contributed by atoms with van der Waals surface area (Å²) in [4.78, 5) is 9.52. The Balaban J connectivity index is 2.05. The Labute approximate surface area is 127 Å². The zero-order valence-electron chi connectivity index (χ0n) is 8.53. The Morgan fingerprint density at radius 2 is 2.12 bits per heavy atom. The van der Waals surface area contributed by atoms with Gasteiger partial charge in [0.25, 0.3) is 0 Å². The van der Waals surface area contributed by atoms with Crippen LogP contribution in [-0.2, 0) is 5.75 Å². The number of hydrogen-bond acceptors (Lipinski definition) is 3. The van der Waals surface area contributed by atoms with E-state index < -0.39 is 0 Å². The van der Waals surface area contributed by atoms with Gasteiger partial charge in [0.2, 0.25) is 0 Å². The van der Waals surface area contributed by atoms with Crippen LogP contribution in [0.15, 0.2) is 35.4 Å². The van der Waals surface area contributed by atoms with E-state index in [4.69, 9.17) is 23.2 Å². The Hall–Kier alpha value is -0.0400. The molecule has 0 atom stereocenters. The lowest BCUT2D eigenvalue weighted by Crippen LogP contribution is -1.94. The maximum atomic E-state index is 5.93. The van der Waals surface area contributed by atoms with E-state index in [1.807, 2.05) is 24.3 Å². The topological polar surface area (TPSA) is 25.8 Å².